The maximum absolute atomic E-state index is 13.0. The molecule has 2 aromatic heterocycles. The number of aromatic nitrogens is 2. The van der Waals surface area contributed by atoms with E-state index in [0.29, 0.717) is 21.7 Å². The van der Waals surface area contributed by atoms with Crippen LogP contribution in [0.3, 0.4) is 0 Å². The Morgan fingerprint density at radius 2 is 1.70 bits per heavy atom. The van der Waals surface area contributed by atoms with Gasteiger partial charge in [-0.05, 0) is 29.8 Å². The van der Waals surface area contributed by atoms with Crippen LogP contribution in [0.5, 0.6) is 0 Å². The van der Waals surface area contributed by atoms with E-state index in [1.807, 2.05) is 0 Å². The molecule has 0 atom stereocenters. The van der Waals surface area contributed by atoms with Crippen LogP contribution >= 0.6 is 11.3 Å². The van der Waals surface area contributed by atoms with Crippen LogP contribution in [0.25, 0.3) is 0 Å². The number of anilines is 1. The molecule has 0 aliphatic heterocycles. The lowest BCUT2D eigenvalue weighted by molar-refractivity contribution is -0.607. The molecule has 0 aliphatic carbocycles. The number of hydrogen-bond acceptors (Lipinski definition) is 4. The highest BCUT2D eigenvalue weighted by Gasteiger charge is 2.36. The molecule has 30 heavy (non-hydrogen) atoms. The quantitative estimate of drug-likeness (QED) is 0.360. The van der Waals surface area contributed by atoms with Crippen LogP contribution in [-0.4, -0.2) is 10.9 Å². The third kappa shape index (κ3) is 5.06. The lowest BCUT2D eigenvalue weighted by atomic mass is 10.0. The second-order valence-corrected chi connectivity index (χ2v) is 7.20. The Bertz CT molecular complexity index is 1050. The van der Waals surface area contributed by atoms with Crippen molar-refractivity contribution in [2.75, 3.05) is 5.32 Å². The molecule has 0 radical (unpaired) electrons. The van der Waals surface area contributed by atoms with Crippen molar-refractivity contribution in [1.29, 1.82) is 0 Å². The van der Waals surface area contributed by atoms with Crippen molar-refractivity contribution in [1.82, 2.24) is 4.98 Å². The number of nitrogens with one attached hydrogen (secondary N) is 1. The largest absolute Gasteiger partial charge is 0.618 e. The monoisotopic (exact) mass is 447 g/mol. The van der Waals surface area contributed by atoms with E-state index >= 15 is 0 Å². The lowest BCUT2D eigenvalue weighted by Crippen LogP contribution is -2.36. The first kappa shape index (κ1) is 21.6. The number of pyridine rings is 1. The minimum atomic E-state index is -4.94. The summed E-state index contributed by atoms with van der Waals surface area (Å²) in [6, 6.07) is 5.51. The van der Waals surface area contributed by atoms with E-state index in [0.717, 1.165) is 17.5 Å². The molecule has 0 fully saturated rings. The predicted molar refractivity (Wildman–Crippen MR) is 94.7 cm³/mol. The summed E-state index contributed by atoms with van der Waals surface area (Å²) in [6.07, 6.45) is -7.79. The van der Waals surface area contributed by atoms with Crippen LogP contribution in [0.2, 0.25) is 0 Å². The second kappa shape index (κ2) is 7.94. The van der Waals surface area contributed by atoms with E-state index in [1.165, 1.54) is 24.4 Å². The van der Waals surface area contributed by atoms with Crippen molar-refractivity contribution in [3.63, 3.8) is 0 Å². The molecule has 0 aliphatic rings. The third-order valence-corrected chi connectivity index (χ3v) is 4.77. The fraction of sp³-hybridized carbons (Fsp3) is 0.167. The Balaban J connectivity index is 1.82. The summed E-state index contributed by atoms with van der Waals surface area (Å²) >= 11 is 0.866. The van der Waals surface area contributed by atoms with Crippen molar-refractivity contribution >= 4 is 22.4 Å². The predicted octanol–water partition coefficient (Wildman–Crippen LogP) is 4.66. The normalized spacial score (nSPS) is 12.1. The summed E-state index contributed by atoms with van der Waals surface area (Å²) in [5.41, 5.74) is -3.23. The molecule has 1 N–H and O–H groups in total. The van der Waals surface area contributed by atoms with Crippen molar-refractivity contribution in [2.24, 2.45) is 0 Å². The number of hydrogen-bond donors (Lipinski definition) is 1. The van der Waals surface area contributed by atoms with Crippen LogP contribution in [0.4, 0.5) is 31.5 Å². The number of amides is 1. The smallest absolute Gasteiger partial charge is 0.416 e. The number of carbonyl (C=O) groups excluding carboxylic acids is 1. The third-order valence-electron chi connectivity index (χ3n) is 3.86. The first-order valence-electron chi connectivity index (χ1n) is 8.16. The van der Waals surface area contributed by atoms with Gasteiger partial charge in [-0.3, -0.25) is 10.1 Å². The summed E-state index contributed by atoms with van der Waals surface area (Å²) in [4.78, 5) is 16.3. The molecule has 0 unspecified atom stereocenters. The molecular formula is C18H11F6N3O2S. The van der Waals surface area contributed by atoms with Crippen molar-refractivity contribution in [3.8, 4) is 0 Å². The van der Waals surface area contributed by atoms with Crippen LogP contribution in [-0.2, 0) is 18.8 Å². The van der Waals surface area contributed by atoms with Crippen LogP contribution in [0.15, 0.2) is 48.8 Å². The van der Waals surface area contributed by atoms with E-state index in [9.17, 15) is 36.3 Å². The van der Waals surface area contributed by atoms with Gasteiger partial charge in [0.15, 0.2) is 11.3 Å². The van der Waals surface area contributed by atoms with Gasteiger partial charge in [0.2, 0.25) is 0 Å². The summed E-state index contributed by atoms with van der Waals surface area (Å²) in [7, 11) is 0. The topological polar surface area (TPSA) is 68.9 Å². The van der Waals surface area contributed by atoms with Gasteiger partial charge in [-0.15, -0.1) is 11.3 Å². The van der Waals surface area contributed by atoms with Gasteiger partial charge in [-0.1, -0.05) is 0 Å². The van der Waals surface area contributed by atoms with E-state index < -0.39 is 29.4 Å². The molecule has 0 saturated carbocycles. The number of alkyl halides is 6. The summed E-state index contributed by atoms with van der Waals surface area (Å²) in [5, 5.41) is 14.0. The molecule has 0 spiro atoms. The zero-order valence-corrected chi connectivity index (χ0v) is 15.5. The fourth-order valence-corrected chi connectivity index (χ4v) is 3.38. The minimum Gasteiger partial charge on any atom is -0.618 e. The molecule has 0 saturated heterocycles. The van der Waals surface area contributed by atoms with Gasteiger partial charge < -0.3 is 5.21 Å². The first-order valence-corrected chi connectivity index (χ1v) is 8.98. The zero-order valence-electron chi connectivity index (χ0n) is 14.7. The second-order valence-electron chi connectivity index (χ2n) is 6.09. The average molecular weight is 447 g/mol. The van der Waals surface area contributed by atoms with Crippen LogP contribution < -0.4 is 10.0 Å². The highest BCUT2D eigenvalue weighted by Crippen LogP contribution is 2.37. The molecule has 12 heteroatoms. The average Bonchev–Trinajstić information content (AvgIpc) is 3.07. The minimum absolute atomic E-state index is 0.0434. The fourth-order valence-electron chi connectivity index (χ4n) is 2.53. The summed E-state index contributed by atoms with van der Waals surface area (Å²) < 4.78 is 78.1. The first-order chi connectivity index (χ1) is 13.9. The number of rotatable bonds is 4. The molecule has 0 bridgehead atoms. The van der Waals surface area contributed by atoms with Gasteiger partial charge in [0, 0.05) is 29.6 Å². The molecule has 1 amide bonds. The highest BCUT2D eigenvalue weighted by molar-refractivity contribution is 7.15. The van der Waals surface area contributed by atoms with Crippen molar-refractivity contribution in [3.05, 3.63) is 81.3 Å². The Labute approximate surface area is 169 Å². The zero-order chi connectivity index (χ0) is 22.1. The van der Waals surface area contributed by atoms with Gasteiger partial charge in [-0.2, -0.15) is 31.1 Å². The van der Waals surface area contributed by atoms with Gasteiger partial charge in [-0.25, -0.2) is 4.98 Å². The lowest BCUT2D eigenvalue weighted by Gasteiger charge is -2.13. The van der Waals surface area contributed by atoms with Gasteiger partial charge in [0.25, 0.3) is 5.69 Å². The molecule has 1 aromatic carbocycles. The Morgan fingerprint density at radius 1 is 1.07 bits per heavy atom. The Kier molecular flexibility index (Phi) is 5.70. The maximum Gasteiger partial charge on any atom is 0.416 e. The Morgan fingerprint density at radius 3 is 2.27 bits per heavy atom. The molecule has 3 aromatic rings. The van der Waals surface area contributed by atoms with E-state index in [2.05, 4.69) is 10.3 Å². The number of halogens is 6. The van der Waals surface area contributed by atoms with E-state index in [-0.39, 0.29) is 28.9 Å². The standard InChI is InChI=1S/C18H11F6N3O2S/c19-17(20,21)11-5-10(6-12(8-11)18(22,23)24)7-13-9-25-16(30-13)26-15(28)14-3-1-2-4-27(14)29/h1-6,8-9H,7H2,(H,25,26,28). The maximum atomic E-state index is 13.0. The Hall–Kier alpha value is -3.15. The molecule has 5 nitrogen and oxygen atoms in total. The number of nitrogens with zero attached hydrogens (tertiary/aromatic N) is 2. The molecule has 3 rings (SSSR count). The number of thiazole rings is 1. The van der Waals surface area contributed by atoms with Crippen molar-refractivity contribution in [2.45, 2.75) is 18.8 Å². The van der Waals surface area contributed by atoms with Gasteiger partial charge in [0.1, 0.15) is 0 Å². The SMILES string of the molecule is O=C(Nc1ncc(Cc2cc(C(F)(F)F)cc(C(F)(F)F)c2)s1)c1cccc[n+]1[O-]. The van der Waals surface area contributed by atoms with Crippen LogP contribution in [0, 0.1) is 5.21 Å². The highest BCUT2D eigenvalue weighted by atomic mass is 32.1. The van der Waals surface area contributed by atoms with Crippen LogP contribution in [0.1, 0.15) is 32.1 Å². The molecule has 158 valence electrons. The van der Waals surface area contributed by atoms with E-state index in [1.54, 1.807) is 0 Å². The summed E-state index contributed by atoms with van der Waals surface area (Å²) in [5.74, 6) is -0.759. The molecule has 2 heterocycles. The van der Waals surface area contributed by atoms with E-state index in [4.69, 9.17) is 0 Å². The number of benzene rings is 1. The van der Waals surface area contributed by atoms with Crippen molar-refractivity contribution < 1.29 is 35.9 Å². The number of carbonyl (C=O) groups is 1. The molecular weight excluding hydrogens is 436 g/mol. The van der Waals surface area contributed by atoms with Gasteiger partial charge in [0.05, 0.1) is 11.1 Å². The van der Waals surface area contributed by atoms with Gasteiger partial charge >= 0.3 is 18.3 Å². The summed E-state index contributed by atoms with van der Waals surface area (Å²) in [6.45, 7) is 0.